The molecule has 0 aliphatic carbocycles. The average Bonchev–Trinajstić information content (AvgIpc) is 2.46. The van der Waals surface area contributed by atoms with Crippen molar-refractivity contribution in [3.05, 3.63) is 29.8 Å². The summed E-state index contributed by atoms with van der Waals surface area (Å²) >= 11 is 0. The third-order valence-corrected chi connectivity index (χ3v) is 3.53. The number of piperidine rings is 1. The zero-order valence-electron chi connectivity index (χ0n) is 10.8. The highest BCUT2D eigenvalue weighted by molar-refractivity contribution is 5.74. The van der Waals surface area contributed by atoms with Gasteiger partial charge in [0.25, 0.3) is 0 Å². The van der Waals surface area contributed by atoms with Gasteiger partial charge in [-0.2, -0.15) is 0 Å². The molecule has 0 spiro atoms. The van der Waals surface area contributed by atoms with E-state index in [1.807, 2.05) is 24.3 Å². The summed E-state index contributed by atoms with van der Waals surface area (Å²) in [5.41, 5.74) is 1.17. The number of hydrogen-bond acceptors (Lipinski definition) is 4. The van der Waals surface area contributed by atoms with Crippen molar-refractivity contribution in [2.24, 2.45) is 5.92 Å². The quantitative estimate of drug-likeness (QED) is 0.826. The van der Waals surface area contributed by atoms with Gasteiger partial charge >= 0.3 is 5.97 Å². The lowest BCUT2D eigenvalue weighted by Gasteiger charge is -2.30. The molecule has 0 amide bonds. The van der Waals surface area contributed by atoms with Crippen LogP contribution < -0.4 is 10.1 Å². The zero-order valence-corrected chi connectivity index (χ0v) is 10.8. The zero-order chi connectivity index (χ0) is 13.0. The largest absolute Gasteiger partial charge is 0.497 e. The molecule has 1 fully saturated rings. The first kappa shape index (κ1) is 12.9. The molecule has 0 saturated carbocycles. The summed E-state index contributed by atoms with van der Waals surface area (Å²) < 4.78 is 10.0. The molecule has 1 heterocycles. The molecule has 1 aromatic rings. The lowest BCUT2D eigenvalue weighted by atomic mass is 9.81. The molecule has 2 rings (SSSR count). The van der Waals surface area contributed by atoms with Gasteiger partial charge in [0.2, 0.25) is 0 Å². The van der Waals surface area contributed by atoms with Gasteiger partial charge in [0.05, 0.1) is 20.1 Å². The topological polar surface area (TPSA) is 47.6 Å². The number of carbonyl (C=O) groups excluding carboxylic acids is 1. The van der Waals surface area contributed by atoms with Crippen molar-refractivity contribution >= 4 is 5.97 Å². The smallest absolute Gasteiger partial charge is 0.310 e. The van der Waals surface area contributed by atoms with Crippen molar-refractivity contribution in [3.63, 3.8) is 0 Å². The molecule has 0 radical (unpaired) electrons. The highest BCUT2D eigenvalue weighted by Gasteiger charge is 2.32. The molecule has 1 N–H and O–H groups in total. The van der Waals surface area contributed by atoms with E-state index >= 15 is 0 Å². The van der Waals surface area contributed by atoms with Gasteiger partial charge in [-0.15, -0.1) is 0 Å². The molecule has 4 nitrogen and oxygen atoms in total. The van der Waals surface area contributed by atoms with E-state index in [-0.39, 0.29) is 17.8 Å². The second kappa shape index (κ2) is 5.87. The van der Waals surface area contributed by atoms with Gasteiger partial charge in [0.1, 0.15) is 5.75 Å². The second-order valence-corrected chi connectivity index (χ2v) is 4.50. The van der Waals surface area contributed by atoms with Gasteiger partial charge < -0.3 is 14.8 Å². The summed E-state index contributed by atoms with van der Waals surface area (Å²) in [6, 6.07) is 7.94. The minimum absolute atomic E-state index is 0.0999. The predicted octanol–water partition coefficient (Wildman–Crippen LogP) is 1.56. The first-order valence-electron chi connectivity index (χ1n) is 6.18. The van der Waals surface area contributed by atoms with Gasteiger partial charge in [-0.05, 0) is 36.6 Å². The molecule has 1 aliphatic rings. The van der Waals surface area contributed by atoms with E-state index in [1.54, 1.807) is 7.11 Å². The first-order valence-corrected chi connectivity index (χ1v) is 6.18. The number of nitrogens with one attached hydrogen (secondary N) is 1. The van der Waals surface area contributed by atoms with Crippen LogP contribution in [0, 0.1) is 5.92 Å². The van der Waals surface area contributed by atoms with Gasteiger partial charge in [0, 0.05) is 6.54 Å². The van der Waals surface area contributed by atoms with Crippen LogP contribution >= 0.6 is 0 Å². The second-order valence-electron chi connectivity index (χ2n) is 4.50. The van der Waals surface area contributed by atoms with E-state index in [9.17, 15) is 4.79 Å². The lowest BCUT2D eigenvalue weighted by molar-refractivity contribution is -0.146. The highest BCUT2D eigenvalue weighted by Crippen LogP contribution is 2.31. The Kier molecular flexibility index (Phi) is 4.20. The van der Waals surface area contributed by atoms with E-state index in [1.165, 1.54) is 12.7 Å². The van der Waals surface area contributed by atoms with Crippen molar-refractivity contribution in [1.29, 1.82) is 0 Å². The fourth-order valence-electron chi connectivity index (χ4n) is 2.51. The van der Waals surface area contributed by atoms with Crippen molar-refractivity contribution < 1.29 is 14.3 Å². The van der Waals surface area contributed by atoms with E-state index in [2.05, 4.69) is 5.32 Å². The maximum absolute atomic E-state index is 11.8. The molecular formula is C14H19NO3. The maximum atomic E-state index is 11.8. The normalized spacial score (nSPS) is 23.4. The minimum atomic E-state index is -0.136. The predicted molar refractivity (Wildman–Crippen MR) is 68.7 cm³/mol. The summed E-state index contributed by atoms with van der Waals surface area (Å²) in [6.07, 6.45) is 0.950. The van der Waals surface area contributed by atoms with E-state index in [0.29, 0.717) is 6.54 Å². The van der Waals surface area contributed by atoms with Crippen molar-refractivity contribution in [2.45, 2.75) is 12.3 Å². The summed E-state index contributed by atoms with van der Waals surface area (Å²) in [6.45, 7) is 1.62. The number of ether oxygens (including phenoxy) is 2. The van der Waals surface area contributed by atoms with Crippen LogP contribution in [0.2, 0.25) is 0 Å². The van der Waals surface area contributed by atoms with Gasteiger partial charge in [0.15, 0.2) is 0 Å². The molecule has 2 atom stereocenters. The van der Waals surface area contributed by atoms with E-state index < -0.39 is 0 Å². The Hall–Kier alpha value is -1.55. The van der Waals surface area contributed by atoms with Gasteiger partial charge in [-0.25, -0.2) is 0 Å². The first-order chi connectivity index (χ1) is 8.76. The van der Waals surface area contributed by atoms with Crippen LogP contribution in [0.1, 0.15) is 17.9 Å². The number of methoxy groups -OCH3 is 2. The maximum Gasteiger partial charge on any atom is 0.310 e. The number of rotatable bonds is 3. The van der Waals surface area contributed by atoms with Gasteiger partial charge in [-0.3, -0.25) is 4.79 Å². The summed E-state index contributed by atoms with van der Waals surface area (Å²) in [4.78, 5) is 11.8. The number of esters is 1. The summed E-state index contributed by atoms with van der Waals surface area (Å²) in [7, 11) is 3.10. The van der Waals surface area contributed by atoms with Crippen LogP contribution in [0.3, 0.4) is 0 Å². The fourth-order valence-corrected chi connectivity index (χ4v) is 2.51. The molecule has 1 aliphatic heterocycles. The Balaban J connectivity index is 2.19. The Bertz CT molecular complexity index is 402. The summed E-state index contributed by atoms with van der Waals surface area (Å²) in [5.74, 6) is 0.826. The van der Waals surface area contributed by atoms with Crippen molar-refractivity contribution in [3.8, 4) is 5.75 Å². The van der Waals surface area contributed by atoms with E-state index in [4.69, 9.17) is 9.47 Å². The minimum Gasteiger partial charge on any atom is -0.497 e. The number of carbonyl (C=O) groups is 1. The third-order valence-electron chi connectivity index (χ3n) is 3.53. The lowest BCUT2D eigenvalue weighted by Crippen LogP contribution is -2.40. The third kappa shape index (κ3) is 2.64. The average molecular weight is 249 g/mol. The SMILES string of the molecule is COC(=O)[C@H]1CNCC[C@@H]1c1ccc(OC)cc1. The molecule has 0 bridgehead atoms. The molecule has 0 aromatic heterocycles. The van der Waals surface area contributed by atoms with Crippen molar-refractivity contribution in [2.75, 3.05) is 27.3 Å². The molecule has 1 saturated heterocycles. The van der Waals surface area contributed by atoms with Crippen LogP contribution in [-0.2, 0) is 9.53 Å². The van der Waals surface area contributed by atoms with Crippen LogP contribution in [0.4, 0.5) is 0 Å². The van der Waals surface area contributed by atoms with Crippen LogP contribution in [0.15, 0.2) is 24.3 Å². The Morgan fingerprint density at radius 3 is 2.61 bits per heavy atom. The monoisotopic (exact) mass is 249 g/mol. The Morgan fingerprint density at radius 2 is 2.00 bits per heavy atom. The fraction of sp³-hybridized carbons (Fsp3) is 0.500. The van der Waals surface area contributed by atoms with Crippen LogP contribution in [0.5, 0.6) is 5.75 Å². The molecule has 0 unspecified atom stereocenters. The Labute approximate surface area is 107 Å². The standard InChI is InChI=1S/C14H19NO3/c1-17-11-5-3-10(4-6-11)12-7-8-15-9-13(12)14(16)18-2/h3-6,12-13,15H,7-9H2,1-2H3/t12-,13+/m1/s1. The molecule has 18 heavy (non-hydrogen) atoms. The molecule has 1 aromatic carbocycles. The molecule has 4 heteroatoms. The van der Waals surface area contributed by atoms with Crippen LogP contribution in [-0.4, -0.2) is 33.3 Å². The van der Waals surface area contributed by atoms with Crippen LogP contribution in [0.25, 0.3) is 0 Å². The molecule has 98 valence electrons. The highest BCUT2D eigenvalue weighted by atomic mass is 16.5. The van der Waals surface area contributed by atoms with Gasteiger partial charge in [-0.1, -0.05) is 12.1 Å². The van der Waals surface area contributed by atoms with E-state index in [0.717, 1.165) is 18.7 Å². The number of benzene rings is 1. The Morgan fingerprint density at radius 1 is 1.28 bits per heavy atom. The van der Waals surface area contributed by atoms with Crippen molar-refractivity contribution in [1.82, 2.24) is 5.32 Å². The summed E-state index contributed by atoms with van der Waals surface area (Å²) in [5, 5.41) is 3.25. The molecular weight excluding hydrogens is 230 g/mol. The number of hydrogen-bond donors (Lipinski definition) is 1.